The molecular formula is C19H18N10O2. The van der Waals surface area contributed by atoms with E-state index in [1.807, 2.05) is 6.07 Å². The zero-order valence-corrected chi connectivity index (χ0v) is 16.6. The first-order chi connectivity index (χ1) is 15.0. The number of methoxy groups -OCH3 is 1. The lowest BCUT2D eigenvalue weighted by Crippen LogP contribution is -2.16. The molecule has 1 aromatic carbocycles. The summed E-state index contributed by atoms with van der Waals surface area (Å²) in [5, 5.41) is 10.3. The molecule has 0 atom stereocenters. The third-order valence-corrected chi connectivity index (χ3v) is 4.17. The van der Waals surface area contributed by atoms with Crippen LogP contribution in [0.5, 0.6) is 5.75 Å². The van der Waals surface area contributed by atoms with Crippen LogP contribution >= 0.6 is 0 Å². The number of ether oxygens (including phenoxy) is 1. The standard InChI is InChI=1S/C19H18N10O2/c1-29-10-24-17(28-29)11-4-3-5-13(15(11)31-2)25-18-12(16(20)30)8-23-19(27-18)26-14-9-21-6-7-22-14/h3-10H,1-2H3,(H2,20,30)(H2,22,23,25,26,27). The molecule has 4 aromatic rings. The minimum atomic E-state index is -0.685. The Morgan fingerprint density at radius 2 is 2.00 bits per heavy atom. The van der Waals surface area contributed by atoms with E-state index in [9.17, 15) is 4.79 Å². The summed E-state index contributed by atoms with van der Waals surface area (Å²) in [5.74, 6) is 1.13. The number of aromatic nitrogens is 7. The van der Waals surface area contributed by atoms with Crippen molar-refractivity contribution >= 4 is 29.2 Å². The fraction of sp³-hybridized carbons (Fsp3) is 0.105. The van der Waals surface area contributed by atoms with Crippen molar-refractivity contribution in [3.05, 3.63) is 54.9 Å². The van der Waals surface area contributed by atoms with Crippen LogP contribution in [0.4, 0.5) is 23.3 Å². The highest BCUT2D eigenvalue weighted by molar-refractivity contribution is 5.98. The van der Waals surface area contributed by atoms with Gasteiger partial charge in [-0.05, 0) is 12.1 Å². The molecule has 4 N–H and O–H groups in total. The number of carbonyl (C=O) groups is 1. The van der Waals surface area contributed by atoms with Gasteiger partial charge in [0.1, 0.15) is 17.7 Å². The van der Waals surface area contributed by atoms with Gasteiger partial charge in [0.05, 0.1) is 24.6 Å². The van der Waals surface area contributed by atoms with Gasteiger partial charge in [0.15, 0.2) is 17.4 Å². The van der Waals surface area contributed by atoms with Gasteiger partial charge in [0.25, 0.3) is 5.91 Å². The molecule has 0 aliphatic carbocycles. The van der Waals surface area contributed by atoms with Crippen LogP contribution in [0, 0.1) is 0 Å². The molecule has 0 spiro atoms. The predicted molar refractivity (Wildman–Crippen MR) is 112 cm³/mol. The summed E-state index contributed by atoms with van der Waals surface area (Å²) in [5.41, 5.74) is 6.82. The summed E-state index contributed by atoms with van der Waals surface area (Å²) in [4.78, 5) is 32.8. The molecule has 0 bridgehead atoms. The summed E-state index contributed by atoms with van der Waals surface area (Å²) in [6.07, 6.45) is 7.51. The van der Waals surface area contributed by atoms with E-state index in [0.29, 0.717) is 28.6 Å². The second-order valence-corrected chi connectivity index (χ2v) is 6.29. The highest BCUT2D eigenvalue weighted by atomic mass is 16.5. The molecule has 0 saturated heterocycles. The molecule has 0 unspecified atom stereocenters. The van der Waals surface area contributed by atoms with Gasteiger partial charge in [-0.2, -0.15) is 10.1 Å². The molecule has 31 heavy (non-hydrogen) atoms. The lowest BCUT2D eigenvalue weighted by atomic mass is 10.1. The number of nitrogens with two attached hydrogens (primary N) is 1. The number of hydrogen-bond acceptors (Lipinski definition) is 10. The Balaban J connectivity index is 1.72. The molecular weight excluding hydrogens is 400 g/mol. The third kappa shape index (κ3) is 4.22. The van der Waals surface area contributed by atoms with Gasteiger partial charge in [-0.1, -0.05) is 6.07 Å². The molecule has 156 valence electrons. The Morgan fingerprint density at radius 1 is 1.13 bits per heavy atom. The molecule has 0 radical (unpaired) electrons. The summed E-state index contributed by atoms with van der Waals surface area (Å²) in [6, 6.07) is 5.41. The average molecular weight is 418 g/mol. The number of nitrogens with one attached hydrogen (secondary N) is 2. The fourth-order valence-electron chi connectivity index (χ4n) is 2.82. The van der Waals surface area contributed by atoms with E-state index in [0.717, 1.165) is 0 Å². The molecule has 0 aliphatic heterocycles. The summed E-state index contributed by atoms with van der Waals surface area (Å²) < 4.78 is 7.19. The maximum atomic E-state index is 11.9. The first kappa shape index (κ1) is 19.7. The summed E-state index contributed by atoms with van der Waals surface area (Å²) in [6.45, 7) is 0. The van der Waals surface area contributed by atoms with Crippen molar-refractivity contribution < 1.29 is 9.53 Å². The summed E-state index contributed by atoms with van der Waals surface area (Å²) in [7, 11) is 3.31. The van der Waals surface area contributed by atoms with Crippen LogP contribution in [0.2, 0.25) is 0 Å². The predicted octanol–water partition coefficient (Wildman–Crippen LogP) is 1.66. The number of benzene rings is 1. The highest BCUT2D eigenvalue weighted by Crippen LogP contribution is 2.36. The third-order valence-electron chi connectivity index (χ3n) is 4.17. The molecule has 0 fully saturated rings. The number of amides is 1. The van der Waals surface area contributed by atoms with Crippen molar-refractivity contribution in [3.63, 3.8) is 0 Å². The van der Waals surface area contributed by atoms with Crippen LogP contribution < -0.4 is 21.1 Å². The second kappa shape index (κ2) is 8.41. The Labute approximate surface area is 176 Å². The molecule has 3 aromatic heterocycles. The fourth-order valence-corrected chi connectivity index (χ4v) is 2.82. The molecule has 12 heteroatoms. The van der Waals surface area contributed by atoms with Crippen molar-refractivity contribution in [2.24, 2.45) is 12.8 Å². The lowest BCUT2D eigenvalue weighted by molar-refractivity contribution is 0.100. The van der Waals surface area contributed by atoms with Crippen LogP contribution in [-0.2, 0) is 7.05 Å². The van der Waals surface area contributed by atoms with Crippen molar-refractivity contribution in [1.82, 2.24) is 34.7 Å². The van der Waals surface area contributed by atoms with Gasteiger partial charge in [-0.25, -0.2) is 15.0 Å². The molecule has 3 heterocycles. The van der Waals surface area contributed by atoms with Gasteiger partial charge < -0.3 is 21.1 Å². The molecule has 1 amide bonds. The van der Waals surface area contributed by atoms with Crippen molar-refractivity contribution in [2.45, 2.75) is 0 Å². The van der Waals surface area contributed by atoms with Crippen LogP contribution in [0.3, 0.4) is 0 Å². The maximum Gasteiger partial charge on any atom is 0.254 e. The van der Waals surface area contributed by atoms with E-state index >= 15 is 0 Å². The van der Waals surface area contributed by atoms with Crippen LogP contribution in [-0.4, -0.2) is 47.7 Å². The number of primary amides is 1. The number of aryl methyl sites for hydroxylation is 1. The number of carbonyl (C=O) groups excluding carboxylic acids is 1. The second-order valence-electron chi connectivity index (χ2n) is 6.29. The highest BCUT2D eigenvalue weighted by Gasteiger charge is 2.18. The average Bonchev–Trinajstić information content (AvgIpc) is 3.20. The Hall–Kier alpha value is -4.61. The van der Waals surface area contributed by atoms with E-state index < -0.39 is 5.91 Å². The van der Waals surface area contributed by atoms with Crippen LogP contribution in [0.1, 0.15) is 10.4 Å². The number of hydrogen-bond donors (Lipinski definition) is 3. The van der Waals surface area contributed by atoms with E-state index in [1.54, 1.807) is 36.4 Å². The Bertz CT molecular complexity index is 1230. The minimum absolute atomic E-state index is 0.105. The van der Waals surface area contributed by atoms with Crippen molar-refractivity contribution in [2.75, 3.05) is 17.7 Å². The SMILES string of the molecule is COc1c(Nc2nc(Nc3cnccn3)ncc2C(N)=O)cccc1-c1ncn(C)n1. The maximum absolute atomic E-state index is 11.9. The van der Waals surface area contributed by atoms with Gasteiger partial charge in [0, 0.05) is 25.6 Å². The van der Waals surface area contributed by atoms with E-state index in [-0.39, 0.29) is 17.3 Å². The zero-order valence-electron chi connectivity index (χ0n) is 16.6. The van der Waals surface area contributed by atoms with E-state index in [2.05, 4.69) is 40.7 Å². The van der Waals surface area contributed by atoms with Gasteiger partial charge >= 0.3 is 0 Å². The van der Waals surface area contributed by atoms with Crippen LogP contribution in [0.25, 0.3) is 11.4 Å². The molecule has 12 nitrogen and oxygen atoms in total. The minimum Gasteiger partial charge on any atom is -0.494 e. The first-order valence-corrected chi connectivity index (χ1v) is 9.05. The van der Waals surface area contributed by atoms with Gasteiger partial charge in [0.2, 0.25) is 5.95 Å². The zero-order chi connectivity index (χ0) is 21.8. The number of anilines is 4. The molecule has 0 saturated carbocycles. The topological polar surface area (TPSA) is 159 Å². The van der Waals surface area contributed by atoms with Gasteiger partial charge in [-0.3, -0.25) is 14.5 Å². The largest absolute Gasteiger partial charge is 0.494 e. The lowest BCUT2D eigenvalue weighted by Gasteiger charge is -2.15. The van der Waals surface area contributed by atoms with E-state index in [1.165, 1.54) is 25.7 Å². The Kier molecular flexibility index (Phi) is 5.34. The van der Waals surface area contributed by atoms with Crippen molar-refractivity contribution in [3.8, 4) is 17.1 Å². The number of nitrogens with zero attached hydrogens (tertiary/aromatic N) is 7. The number of rotatable bonds is 7. The molecule has 0 aliphatic rings. The van der Waals surface area contributed by atoms with E-state index in [4.69, 9.17) is 10.5 Å². The monoisotopic (exact) mass is 418 g/mol. The van der Waals surface area contributed by atoms with Crippen molar-refractivity contribution in [1.29, 1.82) is 0 Å². The quantitative estimate of drug-likeness (QED) is 0.403. The van der Waals surface area contributed by atoms with Crippen LogP contribution in [0.15, 0.2) is 49.3 Å². The number of para-hydroxylation sites is 1. The first-order valence-electron chi connectivity index (χ1n) is 9.05. The summed E-state index contributed by atoms with van der Waals surface area (Å²) >= 11 is 0. The van der Waals surface area contributed by atoms with Gasteiger partial charge in [-0.15, -0.1) is 0 Å². The Morgan fingerprint density at radius 3 is 2.68 bits per heavy atom. The smallest absolute Gasteiger partial charge is 0.254 e. The normalized spacial score (nSPS) is 10.5. The molecule has 4 rings (SSSR count).